The molecule has 0 saturated heterocycles. The molecule has 1 aliphatic heterocycles. The molecule has 0 aromatic rings. The number of fused-ring (bicyclic) bond motifs is 1. The molecule has 0 radical (unpaired) electrons. The van der Waals surface area contributed by atoms with Gasteiger partial charge < -0.3 is 4.74 Å². The molecule has 64 valence electrons. The molecule has 2 unspecified atom stereocenters. The van der Waals surface area contributed by atoms with E-state index < -0.39 is 5.41 Å². The number of esters is 1. The Kier molecular flexibility index (Phi) is 1.37. The van der Waals surface area contributed by atoms with E-state index in [4.69, 9.17) is 4.74 Å². The molecule has 2 rings (SSSR count). The van der Waals surface area contributed by atoms with Gasteiger partial charge in [0.2, 0.25) is 0 Å². The average Bonchev–Trinajstić information content (AvgIpc) is 2.31. The highest BCUT2D eigenvalue weighted by atomic mass is 16.5. The van der Waals surface area contributed by atoms with Crippen molar-refractivity contribution in [1.29, 1.82) is 0 Å². The van der Waals surface area contributed by atoms with Crippen LogP contribution in [0.25, 0.3) is 0 Å². The fourth-order valence-electron chi connectivity index (χ4n) is 1.81. The zero-order valence-electron chi connectivity index (χ0n) is 6.87. The Bertz CT molecular complexity index is 279. The Morgan fingerprint density at radius 1 is 1.58 bits per heavy atom. The van der Waals surface area contributed by atoms with Gasteiger partial charge in [-0.25, -0.2) is 4.79 Å². The molecule has 1 heterocycles. The van der Waals surface area contributed by atoms with Gasteiger partial charge in [-0.15, -0.1) is 0 Å². The van der Waals surface area contributed by atoms with Gasteiger partial charge in [-0.05, 0) is 13.3 Å². The summed E-state index contributed by atoms with van der Waals surface area (Å²) in [4.78, 5) is 22.2. The minimum absolute atomic E-state index is 0.177. The molecule has 12 heavy (non-hydrogen) atoms. The van der Waals surface area contributed by atoms with E-state index in [1.165, 1.54) is 6.08 Å². The van der Waals surface area contributed by atoms with Gasteiger partial charge in [0, 0.05) is 12.5 Å². The number of carbonyl (C=O) groups excluding carboxylic acids is 2. The molecule has 3 heteroatoms. The van der Waals surface area contributed by atoms with E-state index >= 15 is 0 Å². The molecule has 0 spiro atoms. The van der Waals surface area contributed by atoms with E-state index in [2.05, 4.69) is 0 Å². The molecular weight excluding hydrogens is 156 g/mol. The van der Waals surface area contributed by atoms with Crippen LogP contribution in [-0.2, 0) is 14.3 Å². The van der Waals surface area contributed by atoms with Crippen molar-refractivity contribution in [2.45, 2.75) is 25.9 Å². The Morgan fingerprint density at radius 3 is 3.08 bits per heavy atom. The van der Waals surface area contributed by atoms with E-state index in [0.29, 0.717) is 12.8 Å². The van der Waals surface area contributed by atoms with Crippen molar-refractivity contribution < 1.29 is 14.3 Å². The summed E-state index contributed by atoms with van der Waals surface area (Å²) in [6.45, 7) is 1.83. The van der Waals surface area contributed by atoms with Gasteiger partial charge in [0.1, 0.15) is 11.9 Å². The molecule has 1 aliphatic carbocycles. The zero-order chi connectivity index (χ0) is 8.77. The maximum atomic E-state index is 11.4. The minimum atomic E-state index is -0.534. The summed E-state index contributed by atoms with van der Waals surface area (Å²) in [5.74, 6) is -0.150. The third-order valence-electron chi connectivity index (χ3n) is 2.73. The number of ketones is 1. The van der Waals surface area contributed by atoms with Gasteiger partial charge in [-0.3, -0.25) is 4.79 Å². The Balaban J connectivity index is 2.39. The van der Waals surface area contributed by atoms with Crippen LogP contribution in [0.3, 0.4) is 0 Å². The lowest BCUT2D eigenvalue weighted by molar-refractivity contribution is -0.150. The summed E-state index contributed by atoms with van der Waals surface area (Å²) < 4.78 is 5.04. The summed E-state index contributed by atoms with van der Waals surface area (Å²) >= 11 is 0. The van der Waals surface area contributed by atoms with Crippen LogP contribution in [0, 0.1) is 5.41 Å². The van der Waals surface area contributed by atoms with Gasteiger partial charge in [-0.1, -0.05) is 6.08 Å². The van der Waals surface area contributed by atoms with Crippen LogP contribution in [-0.4, -0.2) is 17.9 Å². The van der Waals surface area contributed by atoms with Gasteiger partial charge in [0.25, 0.3) is 0 Å². The lowest BCUT2D eigenvalue weighted by Crippen LogP contribution is -2.37. The monoisotopic (exact) mass is 166 g/mol. The molecule has 0 N–H and O–H groups in total. The number of ether oxygens (including phenoxy) is 1. The smallest absolute Gasteiger partial charge is 0.330 e. The highest BCUT2D eigenvalue weighted by Gasteiger charge is 2.48. The van der Waals surface area contributed by atoms with E-state index in [1.807, 2.05) is 6.92 Å². The standard InChI is InChI=1S/C9H10O3/c1-9-5-4-8(11)12-7(9)3-2-6(9)10/h4-5,7H,2-3H2,1H3. The summed E-state index contributed by atoms with van der Waals surface area (Å²) in [5.41, 5.74) is -0.534. The lowest BCUT2D eigenvalue weighted by Gasteiger charge is -2.28. The van der Waals surface area contributed by atoms with Gasteiger partial charge in [-0.2, -0.15) is 0 Å². The van der Waals surface area contributed by atoms with Crippen molar-refractivity contribution in [2.75, 3.05) is 0 Å². The molecule has 1 saturated carbocycles. The molecule has 1 fully saturated rings. The largest absolute Gasteiger partial charge is 0.458 e. The molecule has 0 aromatic carbocycles. The molecule has 0 aromatic heterocycles. The molecule has 2 aliphatic rings. The number of hydrogen-bond donors (Lipinski definition) is 0. The number of rotatable bonds is 0. The molecule has 0 bridgehead atoms. The fourth-order valence-corrected chi connectivity index (χ4v) is 1.81. The van der Waals surface area contributed by atoms with Crippen LogP contribution >= 0.6 is 0 Å². The molecular formula is C9H10O3. The van der Waals surface area contributed by atoms with Crippen molar-refractivity contribution in [3.63, 3.8) is 0 Å². The average molecular weight is 166 g/mol. The molecule has 2 atom stereocenters. The van der Waals surface area contributed by atoms with Crippen LogP contribution in [0.4, 0.5) is 0 Å². The Morgan fingerprint density at radius 2 is 2.33 bits per heavy atom. The van der Waals surface area contributed by atoms with Gasteiger partial charge in [0.15, 0.2) is 0 Å². The number of Topliss-reactive ketones (excluding diaryl/α,β-unsaturated/α-hetero) is 1. The zero-order valence-corrected chi connectivity index (χ0v) is 6.87. The van der Waals surface area contributed by atoms with Gasteiger partial charge in [0.05, 0.1) is 5.41 Å². The van der Waals surface area contributed by atoms with Gasteiger partial charge >= 0.3 is 5.97 Å². The van der Waals surface area contributed by atoms with Crippen LogP contribution in [0.15, 0.2) is 12.2 Å². The topological polar surface area (TPSA) is 43.4 Å². The van der Waals surface area contributed by atoms with Crippen molar-refractivity contribution in [3.8, 4) is 0 Å². The second-order valence-corrected chi connectivity index (χ2v) is 3.50. The summed E-state index contributed by atoms with van der Waals surface area (Å²) in [6, 6.07) is 0. The van der Waals surface area contributed by atoms with Crippen molar-refractivity contribution >= 4 is 11.8 Å². The highest BCUT2D eigenvalue weighted by Crippen LogP contribution is 2.40. The third kappa shape index (κ3) is 0.823. The number of carbonyl (C=O) groups is 2. The minimum Gasteiger partial charge on any atom is -0.458 e. The molecule has 3 nitrogen and oxygen atoms in total. The van der Waals surface area contributed by atoms with Crippen LogP contribution in [0.1, 0.15) is 19.8 Å². The quantitative estimate of drug-likeness (QED) is 0.501. The summed E-state index contributed by atoms with van der Waals surface area (Å²) in [7, 11) is 0. The predicted molar refractivity (Wildman–Crippen MR) is 41.4 cm³/mol. The van der Waals surface area contributed by atoms with Crippen molar-refractivity contribution in [1.82, 2.24) is 0 Å². The predicted octanol–water partition coefficient (Wildman–Crippen LogP) is 0.837. The second kappa shape index (κ2) is 2.19. The van der Waals surface area contributed by atoms with Crippen molar-refractivity contribution in [3.05, 3.63) is 12.2 Å². The normalized spacial score (nSPS) is 39.6. The van der Waals surface area contributed by atoms with Crippen LogP contribution < -0.4 is 0 Å². The lowest BCUT2D eigenvalue weighted by atomic mass is 9.84. The third-order valence-corrected chi connectivity index (χ3v) is 2.73. The molecule has 0 amide bonds. The maximum Gasteiger partial charge on any atom is 0.330 e. The number of hydrogen-bond acceptors (Lipinski definition) is 3. The maximum absolute atomic E-state index is 11.4. The summed E-state index contributed by atoms with van der Waals surface area (Å²) in [5, 5.41) is 0. The van der Waals surface area contributed by atoms with E-state index in [9.17, 15) is 9.59 Å². The first-order chi connectivity index (χ1) is 5.63. The second-order valence-electron chi connectivity index (χ2n) is 3.50. The SMILES string of the molecule is CC12C=CC(=O)OC1CCC2=O. The Hall–Kier alpha value is -1.12. The fraction of sp³-hybridized carbons (Fsp3) is 0.556. The first-order valence-electron chi connectivity index (χ1n) is 4.06. The van der Waals surface area contributed by atoms with E-state index in [1.54, 1.807) is 6.08 Å². The first kappa shape index (κ1) is 7.53. The Labute approximate surface area is 70.4 Å². The van der Waals surface area contributed by atoms with E-state index in [0.717, 1.165) is 0 Å². The van der Waals surface area contributed by atoms with Crippen LogP contribution in [0.2, 0.25) is 0 Å². The van der Waals surface area contributed by atoms with Crippen molar-refractivity contribution in [2.24, 2.45) is 5.41 Å². The summed E-state index contributed by atoms with van der Waals surface area (Å²) in [6.07, 6.45) is 4.01. The van der Waals surface area contributed by atoms with E-state index in [-0.39, 0.29) is 17.9 Å². The first-order valence-corrected chi connectivity index (χ1v) is 4.06. The van der Waals surface area contributed by atoms with Crippen LogP contribution in [0.5, 0.6) is 0 Å². The highest BCUT2D eigenvalue weighted by molar-refractivity contribution is 5.94.